The Balaban J connectivity index is 1.92. The maximum absolute atomic E-state index is 6.20. The summed E-state index contributed by atoms with van der Waals surface area (Å²) >= 11 is 0. The van der Waals surface area contributed by atoms with Crippen LogP contribution in [0.3, 0.4) is 0 Å². The Bertz CT molecular complexity index is 276. The van der Waals surface area contributed by atoms with E-state index in [1.165, 1.54) is 0 Å². The van der Waals surface area contributed by atoms with Gasteiger partial charge in [-0.3, -0.25) is 4.90 Å². The maximum Gasteiger partial charge on any atom is 0.0832 e. The van der Waals surface area contributed by atoms with Crippen LogP contribution in [0.15, 0.2) is 0 Å². The van der Waals surface area contributed by atoms with Crippen LogP contribution in [0, 0.1) is 0 Å². The summed E-state index contributed by atoms with van der Waals surface area (Å²) in [7, 11) is 2.15. The summed E-state index contributed by atoms with van der Waals surface area (Å²) in [5.41, 5.74) is 0.497. The summed E-state index contributed by atoms with van der Waals surface area (Å²) in [4.78, 5) is 4.90. The van der Waals surface area contributed by atoms with Gasteiger partial charge >= 0.3 is 0 Å². The quantitative estimate of drug-likeness (QED) is 0.734. The fraction of sp³-hybridized carbons (Fsp3) is 1.00. The predicted octanol–water partition coefficient (Wildman–Crippen LogP) is 1.97. The Labute approximate surface area is 106 Å². The molecule has 100 valence electrons. The van der Waals surface area contributed by atoms with Gasteiger partial charge in [-0.15, -0.1) is 0 Å². The van der Waals surface area contributed by atoms with E-state index < -0.39 is 0 Å². The Morgan fingerprint density at radius 1 is 1.06 bits per heavy atom. The van der Waals surface area contributed by atoms with E-state index in [0.29, 0.717) is 12.2 Å². The molecular weight excluding hydrogens is 212 g/mol. The van der Waals surface area contributed by atoms with Crippen LogP contribution < -0.4 is 0 Å². The topological polar surface area (TPSA) is 15.7 Å². The minimum absolute atomic E-state index is 0.234. The van der Waals surface area contributed by atoms with Gasteiger partial charge in [0.05, 0.1) is 12.2 Å². The first-order valence-electron chi connectivity index (χ1n) is 6.80. The predicted molar refractivity (Wildman–Crippen MR) is 71.3 cm³/mol. The molecular formula is C14H28N2O. The standard InChI is InChI=1S/C14H28N2O/c1-13(2,3)16-10-11(7-14(16,4)5)17-12-8-15(6)9-12/h11-12H,7-10H2,1-6H3/t11-/m0/s1. The fourth-order valence-electron chi connectivity index (χ4n) is 3.46. The number of rotatable bonds is 2. The van der Waals surface area contributed by atoms with Crippen LogP contribution in [-0.4, -0.2) is 59.8 Å². The first-order chi connectivity index (χ1) is 7.68. The van der Waals surface area contributed by atoms with Gasteiger partial charge < -0.3 is 9.64 Å². The monoisotopic (exact) mass is 240 g/mol. The third-order valence-electron chi connectivity index (χ3n) is 4.07. The van der Waals surface area contributed by atoms with Crippen molar-refractivity contribution >= 4 is 0 Å². The third kappa shape index (κ3) is 2.83. The smallest absolute Gasteiger partial charge is 0.0832 e. The molecule has 2 fully saturated rings. The van der Waals surface area contributed by atoms with E-state index in [-0.39, 0.29) is 11.1 Å². The van der Waals surface area contributed by atoms with Crippen molar-refractivity contribution in [1.82, 2.24) is 9.80 Å². The summed E-state index contributed by atoms with van der Waals surface area (Å²) in [6, 6.07) is 0. The molecule has 0 saturated carbocycles. The summed E-state index contributed by atoms with van der Waals surface area (Å²) in [5.74, 6) is 0. The SMILES string of the molecule is CN1CC(O[C@@H]2CN(C(C)(C)C)C(C)(C)C2)C1. The van der Waals surface area contributed by atoms with Crippen molar-refractivity contribution in [1.29, 1.82) is 0 Å². The molecule has 0 spiro atoms. The van der Waals surface area contributed by atoms with Crippen LogP contribution in [0.25, 0.3) is 0 Å². The van der Waals surface area contributed by atoms with Gasteiger partial charge in [0, 0.05) is 30.7 Å². The molecule has 0 radical (unpaired) electrons. The van der Waals surface area contributed by atoms with E-state index in [4.69, 9.17) is 4.74 Å². The van der Waals surface area contributed by atoms with E-state index in [9.17, 15) is 0 Å². The number of hydrogen-bond acceptors (Lipinski definition) is 3. The van der Waals surface area contributed by atoms with E-state index >= 15 is 0 Å². The molecule has 2 aliphatic rings. The van der Waals surface area contributed by atoms with Gasteiger partial charge in [0.15, 0.2) is 0 Å². The van der Waals surface area contributed by atoms with Crippen LogP contribution in [0.2, 0.25) is 0 Å². The van der Waals surface area contributed by atoms with Crippen LogP contribution in [0.4, 0.5) is 0 Å². The number of ether oxygens (including phenoxy) is 1. The van der Waals surface area contributed by atoms with E-state index in [2.05, 4.69) is 51.5 Å². The zero-order valence-electron chi connectivity index (χ0n) is 12.3. The average Bonchev–Trinajstić information content (AvgIpc) is 2.37. The zero-order chi connectivity index (χ0) is 12.8. The van der Waals surface area contributed by atoms with Gasteiger partial charge in [0.2, 0.25) is 0 Å². The summed E-state index contributed by atoms with van der Waals surface area (Å²) < 4.78 is 6.20. The zero-order valence-corrected chi connectivity index (χ0v) is 12.3. The molecule has 0 N–H and O–H groups in total. The van der Waals surface area contributed by atoms with E-state index in [0.717, 1.165) is 26.1 Å². The van der Waals surface area contributed by atoms with Crippen molar-refractivity contribution in [3.8, 4) is 0 Å². The molecule has 0 aromatic carbocycles. The van der Waals surface area contributed by atoms with Gasteiger partial charge in [-0.1, -0.05) is 0 Å². The molecule has 0 aromatic rings. The second-order valence-electron chi connectivity index (χ2n) is 7.40. The van der Waals surface area contributed by atoms with E-state index in [1.807, 2.05) is 0 Å². The average molecular weight is 240 g/mol. The lowest BCUT2D eigenvalue weighted by Crippen LogP contribution is -2.52. The largest absolute Gasteiger partial charge is 0.371 e. The molecule has 2 saturated heterocycles. The maximum atomic E-state index is 6.20. The van der Waals surface area contributed by atoms with Crippen molar-refractivity contribution in [2.45, 2.75) is 64.3 Å². The van der Waals surface area contributed by atoms with Crippen LogP contribution in [0.5, 0.6) is 0 Å². The number of hydrogen-bond donors (Lipinski definition) is 0. The van der Waals surface area contributed by atoms with Gasteiger partial charge in [0.25, 0.3) is 0 Å². The highest BCUT2D eigenvalue weighted by atomic mass is 16.5. The molecule has 3 heteroatoms. The molecule has 3 nitrogen and oxygen atoms in total. The molecule has 0 bridgehead atoms. The van der Waals surface area contributed by atoms with Gasteiger partial charge in [-0.2, -0.15) is 0 Å². The fourth-order valence-corrected chi connectivity index (χ4v) is 3.46. The van der Waals surface area contributed by atoms with Crippen molar-refractivity contribution in [2.24, 2.45) is 0 Å². The molecule has 0 aliphatic carbocycles. The minimum Gasteiger partial charge on any atom is -0.371 e. The Kier molecular flexibility index (Phi) is 3.30. The lowest BCUT2D eigenvalue weighted by molar-refractivity contribution is -0.0811. The van der Waals surface area contributed by atoms with Gasteiger partial charge in [-0.05, 0) is 48.1 Å². The summed E-state index contributed by atoms with van der Waals surface area (Å²) in [6.45, 7) is 14.9. The van der Waals surface area contributed by atoms with Crippen molar-refractivity contribution in [3.05, 3.63) is 0 Å². The van der Waals surface area contributed by atoms with Crippen molar-refractivity contribution in [2.75, 3.05) is 26.7 Å². The second-order valence-corrected chi connectivity index (χ2v) is 7.40. The number of likely N-dealkylation sites (tertiary alicyclic amines) is 2. The van der Waals surface area contributed by atoms with Crippen molar-refractivity contribution in [3.63, 3.8) is 0 Å². The number of likely N-dealkylation sites (N-methyl/N-ethyl adjacent to an activating group) is 1. The first kappa shape index (κ1) is 13.3. The Morgan fingerprint density at radius 3 is 2.06 bits per heavy atom. The van der Waals surface area contributed by atoms with Crippen LogP contribution in [0.1, 0.15) is 41.0 Å². The Hall–Kier alpha value is -0.120. The second kappa shape index (κ2) is 4.22. The molecule has 0 unspecified atom stereocenters. The normalized spacial score (nSPS) is 31.8. The van der Waals surface area contributed by atoms with Crippen LogP contribution >= 0.6 is 0 Å². The molecule has 17 heavy (non-hydrogen) atoms. The summed E-state index contributed by atoms with van der Waals surface area (Å²) in [6.07, 6.45) is 2.05. The van der Waals surface area contributed by atoms with E-state index in [1.54, 1.807) is 0 Å². The molecule has 1 atom stereocenters. The highest BCUT2D eigenvalue weighted by molar-refractivity contribution is 4.99. The lowest BCUT2D eigenvalue weighted by atomic mass is 9.96. The molecule has 2 heterocycles. The summed E-state index contributed by atoms with van der Waals surface area (Å²) in [5, 5.41) is 0. The molecule has 0 amide bonds. The molecule has 0 aromatic heterocycles. The highest BCUT2D eigenvalue weighted by Crippen LogP contribution is 2.36. The molecule has 2 rings (SSSR count). The van der Waals surface area contributed by atoms with Crippen molar-refractivity contribution < 1.29 is 4.74 Å². The highest BCUT2D eigenvalue weighted by Gasteiger charge is 2.45. The van der Waals surface area contributed by atoms with Crippen LogP contribution in [-0.2, 0) is 4.74 Å². The third-order valence-corrected chi connectivity index (χ3v) is 4.07. The van der Waals surface area contributed by atoms with Gasteiger partial charge in [0.1, 0.15) is 0 Å². The number of nitrogens with zero attached hydrogens (tertiary/aromatic N) is 2. The molecule has 2 aliphatic heterocycles. The lowest BCUT2D eigenvalue weighted by Gasteiger charge is -2.42. The first-order valence-corrected chi connectivity index (χ1v) is 6.80. The minimum atomic E-state index is 0.234. The van der Waals surface area contributed by atoms with Gasteiger partial charge in [-0.25, -0.2) is 0 Å². The Morgan fingerprint density at radius 2 is 1.65 bits per heavy atom.